The Hall–Kier alpha value is -1.53. The van der Waals surface area contributed by atoms with Gasteiger partial charge in [0.25, 0.3) is 0 Å². The number of hydrogen-bond donors (Lipinski definition) is 1. The Kier molecular flexibility index (Phi) is 3.12. The predicted octanol–water partition coefficient (Wildman–Crippen LogP) is 1.65. The zero-order valence-corrected chi connectivity index (χ0v) is 9.61. The topological polar surface area (TPSA) is 53.0 Å². The van der Waals surface area contributed by atoms with Gasteiger partial charge in [-0.3, -0.25) is 0 Å². The van der Waals surface area contributed by atoms with Crippen molar-refractivity contribution in [3.8, 4) is 6.07 Å². The fourth-order valence-electron chi connectivity index (χ4n) is 2.24. The molecule has 3 nitrogen and oxygen atoms in total. The molecule has 0 bridgehead atoms. The van der Waals surface area contributed by atoms with Crippen LogP contribution in [0.5, 0.6) is 0 Å². The highest BCUT2D eigenvalue weighted by Gasteiger charge is 2.23. The highest BCUT2D eigenvalue weighted by molar-refractivity contribution is 5.61. The van der Waals surface area contributed by atoms with Crippen molar-refractivity contribution >= 4 is 5.69 Å². The van der Waals surface area contributed by atoms with Gasteiger partial charge in [0.05, 0.1) is 11.3 Å². The van der Waals surface area contributed by atoms with Crippen LogP contribution in [0.25, 0.3) is 0 Å². The Labute approximate surface area is 96.5 Å². The van der Waals surface area contributed by atoms with Crippen LogP contribution in [0, 0.1) is 24.2 Å². The minimum Gasteiger partial charge on any atom is -0.370 e. The normalized spacial score (nSPS) is 19.8. The highest BCUT2D eigenvalue weighted by Crippen LogP contribution is 2.27. The number of nitrogens with two attached hydrogens (primary N) is 1. The molecule has 0 aliphatic carbocycles. The fourth-order valence-corrected chi connectivity index (χ4v) is 2.24. The van der Waals surface area contributed by atoms with Crippen LogP contribution < -0.4 is 10.6 Å². The van der Waals surface area contributed by atoms with Crippen LogP contribution in [0.1, 0.15) is 17.5 Å². The third-order valence-electron chi connectivity index (χ3n) is 3.23. The minimum absolute atomic E-state index is 0.576. The number of nitrogens with zero attached hydrogens (tertiary/aromatic N) is 2. The Morgan fingerprint density at radius 1 is 1.56 bits per heavy atom. The maximum Gasteiger partial charge on any atom is 0.101 e. The van der Waals surface area contributed by atoms with E-state index in [1.54, 1.807) is 0 Å². The predicted molar refractivity (Wildman–Crippen MR) is 65.3 cm³/mol. The smallest absolute Gasteiger partial charge is 0.101 e. The molecular formula is C13H17N3. The second kappa shape index (κ2) is 4.54. The molecule has 1 aromatic rings. The zero-order valence-electron chi connectivity index (χ0n) is 9.61. The maximum absolute atomic E-state index is 9.09. The molecular weight excluding hydrogens is 198 g/mol. The van der Waals surface area contributed by atoms with Gasteiger partial charge in [0.15, 0.2) is 0 Å². The van der Waals surface area contributed by atoms with Gasteiger partial charge in [-0.25, -0.2) is 0 Å². The quantitative estimate of drug-likeness (QED) is 0.816. The fraction of sp³-hybridized carbons (Fsp3) is 0.462. The average Bonchev–Trinajstić information content (AvgIpc) is 2.77. The van der Waals surface area contributed by atoms with Gasteiger partial charge in [0, 0.05) is 13.1 Å². The summed E-state index contributed by atoms with van der Waals surface area (Å²) in [6.45, 7) is 4.79. The molecule has 1 saturated heterocycles. The highest BCUT2D eigenvalue weighted by atomic mass is 15.2. The molecule has 1 heterocycles. The summed E-state index contributed by atoms with van der Waals surface area (Å²) in [5.74, 6) is 0.576. The van der Waals surface area contributed by atoms with Crippen molar-refractivity contribution in [2.75, 3.05) is 24.5 Å². The van der Waals surface area contributed by atoms with Crippen LogP contribution in [0.15, 0.2) is 18.2 Å². The van der Waals surface area contributed by atoms with Gasteiger partial charge < -0.3 is 10.6 Å². The first-order chi connectivity index (χ1) is 7.74. The molecule has 0 aromatic heterocycles. The Morgan fingerprint density at radius 2 is 2.38 bits per heavy atom. The lowest BCUT2D eigenvalue weighted by Gasteiger charge is -2.20. The van der Waals surface area contributed by atoms with E-state index in [0.717, 1.165) is 37.3 Å². The largest absolute Gasteiger partial charge is 0.370 e. The standard InChI is InChI=1S/C13H17N3/c1-10-2-3-12(8-15)13(6-10)16-5-4-11(7-14)9-16/h2-3,6,11H,4-5,7,9,14H2,1H3. The van der Waals surface area contributed by atoms with E-state index in [1.807, 2.05) is 12.1 Å². The Morgan fingerprint density at radius 3 is 3.00 bits per heavy atom. The summed E-state index contributed by atoms with van der Waals surface area (Å²) in [5.41, 5.74) is 8.72. The van der Waals surface area contributed by atoms with E-state index in [9.17, 15) is 0 Å². The van der Waals surface area contributed by atoms with Crippen LogP contribution in [0.2, 0.25) is 0 Å². The molecule has 0 saturated carbocycles. The van der Waals surface area contributed by atoms with Crippen LogP contribution in [0.3, 0.4) is 0 Å². The van der Waals surface area contributed by atoms with E-state index in [-0.39, 0.29) is 0 Å². The van der Waals surface area contributed by atoms with E-state index >= 15 is 0 Å². The van der Waals surface area contributed by atoms with Crippen molar-refractivity contribution in [3.63, 3.8) is 0 Å². The van der Waals surface area contributed by atoms with Crippen molar-refractivity contribution in [3.05, 3.63) is 29.3 Å². The molecule has 1 unspecified atom stereocenters. The van der Waals surface area contributed by atoms with E-state index in [0.29, 0.717) is 5.92 Å². The summed E-state index contributed by atoms with van der Waals surface area (Å²) in [5, 5.41) is 9.09. The first-order valence-electron chi connectivity index (χ1n) is 5.70. The summed E-state index contributed by atoms with van der Waals surface area (Å²) >= 11 is 0. The van der Waals surface area contributed by atoms with Crippen LogP contribution >= 0.6 is 0 Å². The average molecular weight is 215 g/mol. The number of rotatable bonds is 2. The third-order valence-corrected chi connectivity index (χ3v) is 3.23. The molecule has 0 radical (unpaired) electrons. The van der Waals surface area contributed by atoms with Crippen LogP contribution in [-0.2, 0) is 0 Å². The maximum atomic E-state index is 9.09. The third kappa shape index (κ3) is 2.02. The number of aryl methyl sites for hydroxylation is 1. The lowest BCUT2D eigenvalue weighted by atomic mass is 10.1. The summed E-state index contributed by atoms with van der Waals surface area (Å²) in [6.07, 6.45) is 1.13. The molecule has 1 aromatic carbocycles. The number of benzene rings is 1. The van der Waals surface area contributed by atoms with E-state index in [2.05, 4.69) is 24.0 Å². The molecule has 2 rings (SSSR count). The van der Waals surface area contributed by atoms with Gasteiger partial charge in [0.2, 0.25) is 0 Å². The number of anilines is 1. The van der Waals surface area contributed by atoms with Gasteiger partial charge in [0.1, 0.15) is 6.07 Å². The molecule has 84 valence electrons. The summed E-state index contributed by atoms with van der Waals surface area (Å²) in [7, 11) is 0. The molecule has 2 N–H and O–H groups in total. The van der Waals surface area contributed by atoms with Crippen molar-refractivity contribution in [2.45, 2.75) is 13.3 Å². The van der Waals surface area contributed by atoms with Gasteiger partial charge in [-0.2, -0.15) is 5.26 Å². The van der Waals surface area contributed by atoms with E-state index < -0.39 is 0 Å². The summed E-state index contributed by atoms with van der Waals surface area (Å²) in [6, 6.07) is 8.24. The lowest BCUT2D eigenvalue weighted by Crippen LogP contribution is -2.23. The van der Waals surface area contributed by atoms with Crippen molar-refractivity contribution in [1.29, 1.82) is 5.26 Å². The van der Waals surface area contributed by atoms with E-state index in [1.165, 1.54) is 5.56 Å². The van der Waals surface area contributed by atoms with Gasteiger partial charge in [-0.15, -0.1) is 0 Å². The molecule has 1 fully saturated rings. The molecule has 1 aliphatic heterocycles. The van der Waals surface area contributed by atoms with Crippen LogP contribution in [0.4, 0.5) is 5.69 Å². The first-order valence-corrected chi connectivity index (χ1v) is 5.70. The molecule has 0 amide bonds. The van der Waals surface area contributed by atoms with Gasteiger partial charge >= 0.3 is 0 Å². The molecule has 16 heavy (non-hydrogen) atoms. The molecule has 3 heteroatoms. The van der Waals surface area contributed by atoms with Crippen molar-refractivity contribution < 1.29 is 0 Å². The number of hydrogen-bond acceptors (Lipinski definition) is 3. The second-order valence-corrected chi connectivity index (χ2v) is 4.47. The van der Waals surface area contributed by atoms with Crippen molar-refractivity contribution in [2.24, 2.45) is 11.7 Å². The summed E-state index contributed by atoms with van der Waals surface area (Å²) in [4.78, 5) is 2.28. The number of nitriles is 1. The SMILES string of the molecule is Cc1ccc(C#N)c(N2CCC(CN)C2)c1. The molecule has 0 spiro atoms. The van der Waals surface area contributed by atoms with E-state index in [4.69, 9.17) is 11.0 Å². The Bertz CT molecular complexity index is 420. The van der Waals surface area contributed by atoms with Crippen molar-refractivity contribution in [1.82, 2.24) is 0 Å². The Balaban J connectivity index is 2.27. The lowest BCUT2D eigenvalue weighted by molar-refractivity contribution is 0.602. The first kappa shape index (κ1) is 11.0. The second-order valence-electron chi connectivity index (χ2n) is 4.47. The summed E-state index contributed by atoms with van der Waals surface area (Å²) < 4.78 is 0. The molecule has 1 aliphatic rings. The monoisotopic (exact) mass is 215 g/mol. The minimum atomic E-state index is 0.576. The van der Waals surface area contributed by atoms with Gasteiger partial charge in [-0.05, 0) is 43.5 Å². The zero-order chi connectivity index (χ0) is 11.5. The van der Waals surface area contributed by atoms with Crippen LogP contribution in [-0.4, -0.2) is 19.6 Å². The molecule has 1 atom stereocenters. The van der Waals surface area contributed by atoms with Gasteiger partial charge in [-0.1, -0.05) is 6.07 Å².